The lowest BCUT2D eigenvalue weighted by Crippen LogP contribution is -2.66. The quantitative estimate of drug-likeness (QED) is 0.215. The van der Waals surface area contributed by atoms with Crippen LogP contribution < -0.4 is 10.4 Å². The molecule has 0 unspecified atom stereocenters. The molecule has 0 amide bonds. The summed E-state index contributed by atoms with van der Waals surface area (Å²) in [6.45, 7) is 13.3. The van der Waals surface area contributed by atoms with E-state index in [1.807, 2.05) is 20.8 Å². The molecule has 0 aromatic heterocycles. The highest BCUT2D eigenvalue weighted by Crippen LogP contribution is 2.36. The Morgan fingerprint density at radius 2 is 1.35 bits per heavy atom. The maximum absolute atomic E-state index is 12.1. The first-order valence-electron chi connectivity index (χ1n) is 12.5. The van der Waals surface area contributed by atoms with E-state index in [2.05, 4.69) is 81.4 Å². The molecule has 0 N–H and O–H groups in total. The van der Waals surface area contributed by atoms with Crippen molar-refractivity contribution in [1.82, 2.24) is 0 Å². The van der Waals surface area contributed by atoms with Crippen molar-refractivity contribution < 1.29 is 18.7 Å². The van der Waals surface area contributed by atoms with Crippen molar-refractivity contribution in [2.45, 2.75) is 90.4 Å². The van der Waals surface area contributed by atoms with Crippen LogP contribution in [0.3, 0.4) is 0 Å². The van der Waals surface area contributed by atoms with Gasteiger partial charge in [-0.25, -0.2) is 0 Å². The summed E-state index contributed by atoms with van der Waals surface area (Å²) in [4.78, 5) is 12.1. The molecule has 0 saturated heterocycles. The molecular weight excluding hydrogens is 440 g/mol. The van der Waals surface area contributed by atoms with Gasteiger partial charge in [0.25, 0.3) is 8.32 Å². The molecule has 2 aromatic carbocycles. The van der Waals surface area contributed by atoms with Crippen molar-refractivity contribution in [3.05, 3.63) is 60.7 Å². The molecule has 34 heavy (non-hydrogen) atoms. The van der Waals surface area contributed by atoms with Crippen molar-refractivity contribution in [2.24, 2.45) is 0 Å². The zero-order valence-electron chi connectivity index (χ0n) is 22.2. The Kier molecular flexibility index (Phi) is 10.5. The van der Waals surface area contributed by atoms with E-state index in [1.165, 1.54) is 10.4 Å². The highest BCUT2D eigenvalue weighted by molar-refractivity contribution is 6.99. The number of ether oxygens (including phenoxy) is 2. The number of unbranched alkanes of at least 4 members (excludes halogenated alkanes) is 2. The Balaban J connectivity index is 1.99. The third-order valence-corrected chi connectivity index (χ3v) is 11.1. The molecule has 5 heteroatoms. The van der Waals surface area contributed by atoms with Gasteiger partial charge in [0.1, 0.15) is 5.60 Å². The summed E-state index contributed by atoms with van der Waals surface area (Å²) >= 11 is 0. The van der Waals surface area contributed by atoms with E-state index in [4.69, 9.17) is 13.9 Å². The van der Waals surface area contributed by atoms with Gasteiger partial charge in [-0.15, -0.1) is 0 Å². The van der Waals surface area contributed by atoms with Gasteiger partial charge in [0.05, 0.1) is 12.5 Å². The Morgan fingerprint density at radius 3 is 1.79 bits per heavy atom. The third-order valence-electron chi connectivity index (χ3n) is 6.05. The molecule has 2 aromatic rings. The van der Waals surface area contributed by atoms with Gasteiger partial charge in [0.2, 0.25) is 0 Å². The summed E-state index contributed by atoms with van der Waals surface area (Å²) in [5.41, 5.74) is -0.465. The molecule has 188 valence electrons. The zero-order chi connectivity index (χ0) is 25.2. The van der Waals surface area contributed by atoms with Crippen molar-refractivity contribution in [3.63, 3.8) is 0 Å². The second-order valence-corrected chi connectivity index (χ2v) is 15.3. The SMILES string of the molecule is CO[C@H](CCCCCO[Si](c1ccccc1)(c1ccccc1)C(C)(C)C)CC(=O)OC(C)(C)C. The summed E-state index contributed by atoms with van der Waals surface area (Å²) in [5, 5.41) is 2.61. The van der Waals surface area contributed by atoms with Gasteiger partial charge >= 0.3 is 5.97 Å². The topological polar surface area (TPSA) is 44.8 Å². The fraction of sp³-hybridized carbons (Fsp3) is 0.552. The Morgan fingerprint density at radius 1 is 0.824 bits per heavy atom. The molecule has 0 aliphatic heterocycles. The van der Waals surface area contributed by atoms with E-state index < -0.39 is 13.9 Å². The van der Waals surface area contributed by atoms with Crippen LogP contribution in [0.5, 0.6) is 0 Å². The van der Waals surface area contributed by atoms with Crippen LogP contribution in [0.4, 0.5) is 0 Å². The standard InChI is InChI=1S/C29H44O4Si/c1-28(2,3)33-27(30)23-24(31-7)17-11-10-16-22-32-34(29(4,5)6,25-18-12-8-13-19-25)26-20-14-9-15-21-26/h8-9,12-15,18-21,24H,10-11,16-17,22-23H2,1-7H3/t24-/m1/s1. The second kappa shape index (κ2) is 12.7. The predicted octanol–water partition coefficient (Wildman–Crippen LogP) is 5.87. The van der Waals surface area contributed by atoms with Crippen LogP contribution in [0.2, 0.25) is 5.04 Å². The monoisotopic (exact) mass is 484 g/mol. The summed E-state index contributed by atoms with van der Waals surface area (Å²) in [5.74, 6) is -0.200. The molecular formula is C29H44O4Si. The number of carbonyl (C=O) groups is 1. The van der Waals surface area contributed by atoms with Gasteiger partial charge in [-0.1, -0.05) is 94.3 Å². The molecule has 2 rings (SSSR count). The van der Waals surface area contributed by atoms with Crippen LogP contribution in [0, 0.1) is 0 Å². The fourth-order valence-electron chi connectivity index (χ4n) is 4.51. The van der Waals surface area contributed by atoms with Crippen LogP contribution in [0.25, 0.3) is 0 Å². The maximum Gasteiger partial charge on any atom is 0.308 e. The molecule has 0 aliphatic rings. The fourth-order valence-corrected chi connectivity index (χ4v) is 9.12. The van der Waals surface area contributed by atoms with Gasteiger partial charge in [-0.3, -0.25) is 4.79 Å². The predicted molar refractivity (Wildman–Crippen MR) is 143 cm³/mol. The molecule has 0 saturated carbocycles. The second-order valence-electron chi connectivity index (χ2n) is 11.0. The van der Waals surface area contributed by atoms with Crippen molar-refractivity contribution >= 4 is 24.7 Å². The summed E-state index contributed by atoms with van der Waals surface area (Å²) in [6.07, 6.45) is 4.04. The van der Waals surface area contributed by atoms with Crippen molar-refractivity contribution in [2.75, 3.05) is 13.7 Å². The molecule has 0 bridgehead atoms. The van der Waals surface area contributed by atoms with E-state index >= 15 is 0 Å². The number of carbonyl (C=O) groups excluding carboxylic acids is 1. The van der Waals surface area contributed by atoms with Crippen LogP contribution in [-0.2, 0) is 18.7 Å². The molecule has 0 fully saturated rings. The summed E-state index contributed by atoms with van der Waals surface area (Å²) in [7, 11) is -0.801. The number of hydrogen-bond acceptors (Lipinski definition) is 4. The normalized spacial score (nSPS) is 13.5. The van der Waals surface area contributed by atoms with Crippen molar-refractivity contribution in [1.29, 1.82) is 0 Å². The van der Waals surface area contributed by atoms with E-state index in [0.29, 0.717) is 6.42 Å². The summed E-state index contributed by atoms with van der Waals surface area (Å²) < 4.78 is 17.9. The maximum atomic E-state index is 12.1. The molecule has 0 aliphatic carbocycles. The molecule has 4 nitrogen and oxygen atoms in total. The van der Waals surface area contributed by atoms with Gasteiger partial charge in [0, 0.05) is 13.7 Å². The third kappa shape index (κ3) is 8.07. The molecule has 1 atom stereocenters. The molecule has 0 spiro atoms. The minimum Gasteiger partial charge on any atom is -0.460 e. The lowest BCUT2D eigenvalue weighted by Gasteiger charge is -2.43. The van der Waals surface area contributed by atoms with Crippen LogP contribution in [-0.4, -0.2) is 39.7 Å². The van der Waals surface area contributed by atoms with Gasteiger partial charge in [0.15, 0.2) is 0 Å². The number of hydrogen-bond donors (Lipinski definition) is 0. The highest BCUT2D eigenvalue weighted by Gasteiger charge is 2.49. The van der Waals surface area contributed by atoms with Gasteiger partial charge in [-0.2, -0.15) is 0 Å². The first-order chi connectivity index (χ1) is 16.0. The van der Waals surface area contributed by atoms with Gasteiger partial charge in [-0.05, 0) is 49.0 Å². The Hall–Kier alpha value is -1.95. The lowest BCUT2D eigenvalue weighted by molar-refractivity contribution is -0.157. The zero-order valence-corrected chi connectivity index (χ0v) is 23.2. The number of methoxy groups -OCH3 is 1. The average Bonchev–Trinajstić information content (AvgIpc) is 2.77. The molecule has 0 radical (unpaired) electrons. The van der Waals surface area contributed by atoms with Crippen LogP contribution in [0.15, 0.2) is 60.7 Å². The lowest BCUT2D eigenvalue weighted by atomic mass is 10.1. The molecule has 0 heterocycles. The Labute approximate surface area is 208 Å². The minimum atomic E-state index is -2.47. The largest absolute Gasteiger partial charge is 0.460 e. The van der Waals surface area contributed by atoms with Gasteiger partial charge < -0.3 is 13.9 Å². The smallest absolute Gasteiger partial charge is 0.308 e. The number of benzene rings is 2. The summed E-state index contributed by atoms with van der Waals surface area (Å²) in [6, 6.07) is 21.5. The number of rotatable bonds is 12. The highest BCUT2D eigenvalue weighted by atomic mass is 28.4. The van der Waals surface area contributed by atoms with Crippen molar-refractivity contribution in [3.8, 4) is 0 Å². The van der Waals surface area contributed by atoms with Crippen LogP contribution >= 0.6 is 0 Å². The minimum absolute atomic E-state index is 0.00965. The number of esters is 1. The first kappa shape index (κ1) is 28.3. The average molecular weight is 485 g/mol. The van der Waals surface area contributed by atoms with E-state index in [9.17, 15) is 4.79 Å². The van der Waals surface area contributed by atoms with E-state index in [-0.39, 0.29) is 17.1 Å². The van der Waals surface area contributed by atoms with Crippen LogP contribution in [0.1, 0.15) is 73.6 Å². The Bertz CT molecular complexity index is 814. The first-order valence-corrected chi connectivity index (χ1v) is 14.4. The van der Waals surface area contributed by atoms with E-state index in [0.717, 1.165) is 32.3 Å². The van der Waals surface area contributed by atoms with E-state index in [1.54, 1.807) is 7.11 Å².